The largest absolute Gasteiger partial charge is 0.457 e. The van der Waals surface area contributed by atoms with Crippen LogP contribution in [0.5, 0.6) is 0 Å². The highest BCUT2D eigenvalue weighted by Gasteiger charge is 2.15. The van der Waals surface area contributed by atoms with Crippen molar-refractivity contribution in [3.63, 3.8) is 0 Å². The van der Waals surface area contributed by atoms with Gasteiger partial charge in [0.25, 0.3) is 5.91 Å². The molecular formula is C21H16BrNO3. The fraction of sp³-hybridized carbons (Fsp3) is 0.0476. The molecule has 0 fully saturated rings. The topological polar surface area (TPSA) is 55.4 Å². The smallest absolute Gasteiger partial charge is 0.340 e. The molecule has 4 nitrogen and oxygen atoms in total. The second-order valence-corrected chi connectivity index (χ2v) is 6.39. The number of ether oxygens (including phenoxy) is 1. The van der Waals surface area contributed by atoms with Gasteiger partial charge in [0.05, 0.1) is 11.3 Å². The lowest BCUT2D eigenvalue weighted by atomic mass is 10.1. The summed E-state index contributed by atoms with van der Waals surface area (Å²) >= 11 is 3.43. The van der Waals surface area contributed by atoms with Crippen molar-refractivity contribution in [2.45, 2.75) is 6.61 Å². The molecule has 0 aliphatic carbocycles. The lowest BCUT2D eigenvalue weighted by Crippen LogP contribution is -2.15. The Balaban J connectivity index is 1.73. The van der Waals surface area contributed by atoms with Gasteiger partial charge in [0.2, 0.25) is 0 Å². The molecule has 5 heteroatoms. The van der Waals surface area contributed by atoms with Crippen LogP contribution in [0.3, 0.4) is 0 Å². The van der Waals surface area contributed by atoms with E-state index in [1.54, 1.807) is 48.5 Å². The number of carbonyl (C=O) groups excluding carboxylic acids is 2. The van der Waals surface area contributed by atoms with Gasteiger partial charge in [-0.1, -0.05) is 64.5 Å². The van der Waals surface area contributed by atoms with Gasteiger partial charge in [-0.15, -0.1) is 0 Å². The molecule has 26 heavy (non-hydrogen) atoms. The third-order valence-corrected chi connectivity index (χ3v) is 4.52. The quantitative estimate of drug-likeness (QED) is 0.599. The van der Waals surface area contributed by atoms with Crippen LogP contribution in [0, 0.1) is 0 Å². The average Bonchev–Trinajstić information content (AvgIpc) is 2.68. The minimum atomic E-state index is -0.496. The number of nitrogens with one attached hydrogen (secondary N) is 1. The summed E-state index contributed by atoms with van der Waals surface area (Å²) in [6.07, 6.45) is 0. The molecule has 3 rings (SSSR count). The summed E-state index contributed by atoms with van der Waals surface area (Å²) in [6, 6.07) is 23.1. The Hall–Kier alpha value is -2.92. The summed E-state index contributed by atoms with van der Waals surface area (Å²) in [5.41, 5.74) is 2.11. The average molecular weight is 410 g/mol. The zero-order chi connectivity index (χ0) is 18.4. The van der Waals surface area contributed by atoms with Gasteiger partial charge in [0.1, 0.15) is 6.61 Å². The highest BCUT2D eigenvalue weighted by molar-refractivity contribution is 9.10. The molecule has 130 valence electrons. The first-order valence-corrected chi connectivity index (χ1v) is 8.80. The molecule has 0 aromatic heterocycles. The maximum atomic E-state index is 12.5. The summed E-state index contributed by atoms with van der Waals surface area (Å²) in [5, 5.41) is 2.77. The molecule has 0 aliphatic heterocycles. The van der Waals surface area contributed by atoms with Crippen molar-refractivity contribution in [3.05, 3.63) is 100 Å². The Morgan fingerprint density at radius 3 is 2.27 bits per heavy atom. The van der Waals surface area contributed by atoms with Crippen LogP contribution in [0.25, 0.3) is 0 Å². The zero-order valence-corrected chi connectivity index (χ0v) is 15.4. The van der Waals surface area contributed by atoms with E-state index in [2.05, 4.69) is 21.2 Å². The Labute approximate surface area is 159 Å². The minimum Gasteiger partial charge on any atom is -0.457 e. The Bertz CT molecular complexity index is 925. The monoisotopic (exact) mass is 409 g/mol. The van der Waals surface area contributed by atoms with Crippen LogP contribution in [0.15, 0.2) is 83.3 Å². The first kappa shape index (κ1) is 17.9. The molecule has 0 saturated carbocycles. The molecule has 0 atom stereocenters. The summed E-state index contributed by atoms with van der Waals surface area (Å²) < 4.78 is 6.28. The lowest BCUT2D eigenvalue weighted by Gasteiger charge is -2.11. The van der Waals surface area contributed by atoms with Gasteiger partial charge in [0, 0.05) is 15.6 Å². The molecule has 0 unspecified atom stereocenters. The van der Waals surface area contributed by atoms with E-state index < -0.39 is 5.97 Å². The SMILES string of the molecule is O=C(Nc1ccccc1C(=O)OCc1ccccc1Br)c1ccccc1. The summed E-state index contributed by atoms with van der Waals surface area (Å²) in [7, 11) is 0. The van der Waals surface area contributed by atoms with E-state index >= 15 is 0 Å². The van der Waals surface area contributed by atoms with E-state index in [1.165, 1.54) is 0 Å². The van der Waals surface area contributed by atoms with E-state index in [0.717, 1.165) is 10.0 Å². The first-order chi connectivity index (χ1) is 12.6. The van der Waals surface area contributed by atoms with E-state index in [-0.39, 0.29) is 12.5 Å². The zero-order valence-electron chi connectivity index (χ0n) is 13.8. The Kier molecular flexibility index (Phi) is 5.81. The molecule has 3 aromatic rings. The number of amides is 1. The number of benzene rings is 3. The number of carbonyl (C=O) groups is 2. The van der Waals surface area contributed by atoms with Crippen molar-refractivity contribution in [1.29, 1.82) is 0 Å². The van der Waals surface area contributed by atoms with E-state index in [9.17, 15) is 9.59 Å². The van der Waals surface area contributed by atoms with Crippen molar-refractivity contribution in [3.8, 4) is 0 Å². The predicted molar refractivity (Wildman–Crippen MR) is 104 cm³/mol. The summed E-state index contributed by atoms with van der Waals surface area (Å²) in [6.45, 7) is 0.140. The molecule has 1 N–H and O–H groups in total. The summed E-state index contributed by atoms with van der Waals surface area (Å²) in [4.78, 5) is 24.8. The van der Waals surface area contributed by atoms with Crippen molar-refractivity contribution >= 4 is 33.5 Å². The molecule has 0 saturated heterocycles. The van der Waals surface area contributed by atoms with Crippen LogP contribution in [-0.2, 0) is 11.3 Å². The molecule has 0 heterocycles. The van der Waals surface area contributed by atoms with E-state index in [1.807, 2.05) is 30.3 Å². The van der Waals surface area contributed by atoms with Gasteiger partial charge in [-0.2, -0.15) is 0 Å². The third-order valence-electron chi connectivity index (χ3n) is 3.75. The molecule has 0 spiro atoms. The summed E-state index contributed by atoms with van der Waals surface area (Å²) in [5.74, 6) is -0.777. The highest BCUT2D eigenvalue weighted by atomic mass is 79.9. The van der Waals surface area contributed by atoms with Gasteiger partial charge in [-0.05, 0) is 30.3 Å². The maximum Gasteiger partial charge on any atom is 0.340 e. The second-order valence-electron chi connectivity index (χ2n) is 5.53. The molecular weight excluding hydrogens is 394 g/mol. The normalized spacial score (nSPS) is 10.2. The van der Waals surface area contributed by atoms with Crippen molar-refractivity contribution < 1.29 is 14.3 Å². The van der Waals surface area contributed by atoms with E-state index in [0.29, 0.717) is 16.8 Å². The molecule has 0 bridgehead atoms. The Morgan fingerprint density at radius 2 is 1.50 bits per heavy atom. The van der Waals surface area contributed by atoms with Crippen molar-refractivity contribution in [2.24, 2.45) is 0 Å². The van der Waals surface area contributed by atoms with Gasteiger partial charge >= 0.3 is 5.97 Å². The van der Waals surface area contributed by atoms with Gasteiger partial charge in [0.15, 0.2) is 0 Å². The van der Waals surface area contributed by atoms with Gasteiger partial charge in [-0.25, -0.2) is 4.79 Å². The molecule has 3 aromatic carbocycles. The number of hydrogen-bond acceptors (Lipinski definition) is 3. The third kappa shape index (κ3) is 4.37. The molecule has 0 aliphatic rings. The number of esters is 1. The minimum absolute atomic E-state index is 0.140. The number of hydrogen-bond donors (Lipinski definition) is 1. The lowest BCUT2D eigenvalue weighted by molar-refractivity contribution is 0.0473. The molecule has 1 amide bonds. The number of anilines is 1. The van der Waals surface area contributed by atoms with Crippen LogP contribution < -0.4 is 5.32 Å². The fourth-order valence-corrected chi connectivity index (χ4v) is 2.79. The number of halogens is 1. The maximum absolute atomic E-state index is 12.5. The van der Waals surface area contributed by atoms with Crippen LogP contribution in [-0.4, -0.2) is 11.9 Å². The standard InChI is InChI=1S/C21H16BrNO3/c22-18-12-6-4-10-16(18)14-26-21(25)17-11-5-7-13-19(17)23-20(24)15-8-2-1-3-9-15/h1-13H,14H2,(H,23,24). The Morgan fingerprint density at radius 1 is 0.846 bits per heavy atom. The van der Waals surface area contributed by atoms with Crippen LogP contribution in [0.2, 0.25) is 0 Å². The van der Waals surface area contributed by atoms with Crippen molar-refractivity contribution in [1.82, 2.24) is 0 Å². The van der Waals surface area contributed by atoms with Gasteiger partial charge in [-0.3, -0.25) is 4.79 Å². The predicted octanol–water partition coefficient (Wildman–Crippen LogP) is 5.06. The van der Waals surface area contributed by atoms with Crippen LogP contribution in [0.4, 0.5) is 5.69 Å². The van der Waals surface area contributed by atoms with Gasteiger partial charge < -0.3 is 10.1 Å². The van der Waals surface area contributed by atoms with Crippen molar-refractivity contribution in [2.75, 3.05) is 5.32 Å². The molecule has 0 radical (unpaired) electrons. The number of rotatable bonds is 5. The van der Waals surface area contributed by atoms with Crippen LogP contribution >= 0.6 is 15.9 Å². The van der Waals surface area contributed by atoms with E-state index in [4.69, 9.17) is 4.74 Å². The van der Waals surface area contributed by atoms with Crippen LogP contribution in [0.1, 0.15) is 26.3 Å². The number of para-hydroxylation sites is 1. The first-order valence-electron chi connectivity index (χ1n) is 8.01. The fourth-order valence-electron chi connectivity index (χ4n) is 2.39. The highest BCUT2D eigenvalue weighted by Crippen LogP contribution is 2.20. The second kappa shape index (κ2) is 8.45.